The van der Waals surface area contributed by atoms with E-state index in [0.29, 0.717) is 32.2 Å². The van der Waals surface area contributed by atoms with Gasteiger partial charge in [0.25, 0.3) is 0 Å². The molecular formula is C21H24BrCl2N3O4S. The molecule has 32 heavy (non-hydrogen) atoms. The molecule has 174 valence electrons. The summed E-state index contributed by atoms with van der Waals surface area (Å²) in [5, 5.41) is 3.24. The largest absolute Gasteiger partial charge is 0.357 e. The van der Waals surface area contributed by atoms with Gasteiger partial charge in [0.15, 0.2) is 0 Å². The van der Waals surface area contributed by atoms with Crippen LogP contribution in [0, 0.1) is 0 Å². The lowest BCUT2D eigenvalue weighted by molar-refractivity contribution is -0.140. The average Bonchev–Trinajstić information content (AvgIpc) is 2.73. The van der Waals surface area contributed by atoms with Crippen molar-refractivity contribution in [1.29, 1.82) is 0 Å². The van der Waals surface area contributed by atoms with Gasteiger partial charge in [-0.1, -0.05) is 58.2 Å². The van der Waals surface area contributed by atoms with Gasteiger partial charge in [-0.25, -0.2) is 8.42 Å². The molecule has 1 atom stereocenters. The molecule has 0 aromatic heterocycles. The highest BCUT2D eigenvalue weighted by molar-refractivity contribution is 9.10. The number of rotatable bonds is 9. The first-order valence-corrected chi connectivity index (χ1v) is 13.1. The molecule has 0 spiro atoms. The van der Waals surface area contributed by atoms with Crippen molar-refractivity contribution in [3.8, 4) is 0 Å². The van der Waals surface area contributed by atoms with E-state index in [1.165, 1.54) is 11.9 Å². The van der Waals surface area contributed by atoms with Crippen molar-refractivity contribution in [1.82, 2.24) is 10.2 Å². The van der Waals surface area contributed by atoms with Crippen molar-refractivity contribution >= 4 is 66.7 Å². The molecule has 0 fully saturated rings. The predicted molar refractivity (Wildman–Crippen MR) is 131 cm³/mol. The molecule has 0 heterocycles. The monoisotopic (exact) mass is 563 g/mol. The van der Waals surface area contributed by atoms with E-state index in [1.54, 1.807) is 49.4 Å². The normalized spacial score (nSPS) is 12.2. The zero-order valence-electron chi connectivity index (χ0n) is 17.8. The second kappa shape index (κ2) is 11.4. The van der Waals surface area contributed by atoms with Crippen LogP contribution in [0.2, 0.25) is 10.0 Å². The number of hydrogen-bond donors (Lipinski definition) is 1. The van der Waals surface area contributed by atoms with Gasteiger partial charge in [-0.15, -0.1) is 0 Å². The minimum atomic E-state index is -3.78. The molecule has 2 rings (SSSR count). The van der Waals surface area contributed by atoms with Gasteiger partial charge in [-0.2, -0.15) is 0 Å². The average molecular weight is 565 g/mol. The zero-order chi connectivity index (χ0) is 24.1. The summed E-state index contributed by atoms with van der Waals surface area (Å²) in [4.78, 5) is 27.3. The maximum Gasteiger partial charge on any atom is 0.244 e. The molecule has 7 nitrogen and oxygen atoms in total. The molecule has 0 aliphatic carbocycles. The lowest BCUT2D eigenvalue weighted by atomic mass is 10.1. The van der Waals surface area contributed by atoms with Crippen molar-refractivity contribution < 1.29 is 18.0 Å². The van der Waals surface area contributed by atoms with Crippen LogP contribution in [-0.4, -0.2) is 51.0 Å². The van der Waals surface area contributed by atoms with E-state index in [-0.39, 0.29) is 12.5 Å². The van der Waals surface area contributed by atoms with Crippen LogP contribution in [0.3, 0.4) is 0 Å². The number of halogens is 3. The number of anilines is 1. The highest BCUT2D eigenvalue weighted by Crippen LogP contribution is 2.25. The van der Waals surface area contributed by atoms with Gasteiger partial charge >= 0.3 is 0 Å². The molecule has 0 bridgehead atoms. The van der Waals surface area contributed by atoms with Crippen molar-refractivity contribution in [2.24, 2.45) is 0 Å². The standard InChI is InChI=1S/C21H24BrCl2N3O4S/c1-4-19(21(29)25-2)26(12-14-8-9-17(23)18(24)10-14)20(28)13-27(32(3,30)31)16-7-5-6-15(22)11-16/h5-11,19H,4,12-13H2,1-3H3,(H,25,29). The van der Waals surface area contributed by atoms with Crippen molar-refractivity contribution in [2.45, 2.75) is 25.9 Å². The number of carbonyl (C=O) groups excluding carboxylic acids is 2. The van der Waals surface area contributed by atoms with Crippen LogP contribution in [0.1, 0.15) is 18.9 Å². The number of benzene rings is 2. The van der Waals surface area contributed by atoms with Gasteiger partial charge in [0.05, 0.1) is 22.0 Å². The van der Waals surface area contributed by atoms with Crippen molar-refractivity contribution in [3.63, 3.8) is 0 Å². The molecule has 11 heteroatoms. The Labute approximate surface area is 206 Å². The first-order valence-electron chi connectivity index (χ1n) is 9.66. The molecule has 1 unspecified atom stereocenters. The number of amides is 2. The Balaban J connectivity index is 2.44. The van der Waals surface area contributed by atoms with Crippen LogP contribution < -0.4 is 9.62 Å². The van der Waals surface area contributed by atoms with E-state index < -0.39 is 28.5 Å². The third kappa shape index (κ3) is 6.84. The highest BCUT2D eigenvalue weighted by Gasteiger charge is 2.31. The smallest absolute Gasteiger partial charge is 0.244 e. The summed E-state index contributed by atoms with van der Waals surface area (Å²) in [6.07, 6.45) is 1.36. The fourth-order valence-electron chi connectivity index (χ4n) is 3.17. The molecule has 2 aromatic carbocycles. The fraction of sp³-hybridized carbons (Fsp3) is 0.333. The van der Waals surface area contributed by atoms with Crippen molar-refractivity contribution in [2.75, 3.05) is 24.2 Å². The minimum Gasteiger partial charge on any atom is -0.357 e. The van der Waals surface area contributed by atoms with Gasteiger partial charge in [-0.05, 0) is 42.3 Å². The number of nitrogens with zero attached hydrogens (tertiary/aromatic N) is 2. The Hall–Kier alpha value is -1.81. The van der Waals surface area contributed by atoms with Crippen LogP contribution in [0.25, 0.3) is 0 Å². The molecule has 2 amide bonds. The molecule has 2 aromatic rings. The number of nitrogens with one attached hydrogen (secondary N) is 1. The summed E-state index contributed by atoms with van der Waals surface area (Å²) >= 11 is 15.4. The Bertz CT molecular complexity index is 1100. The van der Waals surface area contributed by atoms with Crippen LogP contribution >= 0.6 is 39.1 Å². The summed E-state index contributed by atoms with van der Waals surface area (Å²) in [5.74, 6) is -0.883. The minimum absolute atomic E-state index is 0.0533. The Morgan fingerprint density at radius 2 is 1.81 bits per heavy atom. The van der Waals surface area contributed by atoms with E-state index in [0.717, 1.165) is 10.6 Å². The number of sulfonamides is 1. The molecule has 0 aliphatic rings. The summed E-state index contributed by atoms with van der Waals surface area (Å²) in [5.41, 5.74) is 0.987. The number of carbonyl (C=O) groups is 2. The van der Waals surface area contributed by atoms with E-state index in [2.05, 4.69) is 21.2 Å². The Morgan fingerprint density at radius 3 is 2.34 bits per heavy atom. The SMILES string of the molecule is CCC(C(=O)NC)N(Cc1ccc(Cl)c(Cl)c1)C(=O)CN(c1cccc(Br)c1)S(C)(=O)=O. The van der Waals surface area contributed by atoms with Gasteiger partial charge in [0.2, 0.25) is 21.8 Å². The zero-order valence-corrected chi connectivity index (χ0v) is 21.7. The maximum atomic E-state index is 13.4. The number of likely N-dealkylation sites (N-methyl/N-ethyl adjacent to an activating group) is 1. The highest BCUT2D eigenvalue weighted by atomic mass is 79.9. The third-order valence-electron chi connectivity index (χ3n) is 4.74. The second-order valence-corrected chi connectivity index (χ2v) is 10.7. The summed E-state index contributed by atoms with van der Waals surface area (Å²) < 4.78 is 26.7. The van der Waals surface area contributed by atoms with Crippen LogP contribution in [0.5, 0.6) is 0 Å². The molecule has 0 aliphatic heterocycles. The topological polar surface area (TPSA) is 86.8 Å². The van der Waals surface area contributed by atoms with E-state index in [9.17, 15) is 18.0 Å². The van der Waals surface area contributed by atoms with Crippen molar-refractivity contribution in [3.05, 3.63) is 62.5 Å². The Kier molecular flexibility index (Phi) is 9.39. The fourth-order valence-corrected chi connectivity index (χ4v) is 4.72. The summed E-state index contributed by atoms with van der Waals surface area (Å²) in [6.45, 7) is 1.36. The third-order valence-corrected chi connectivity index (χ3v) is 7.12. The number of hydrogen-bond acceptors (Lipinski definition) is 4. The molecule has 0 saturated carbocycles. The quantitative estimate of drug-likeness (QED) is 0.497. The van der Waals surface area contributed by atoms with Gasteiger partial charge in [0.1, 0.15) is 12.6 Å². The predicted octanol–water partition coefficient (Wildman–Crippen LogP) is 4.08. The van der Waals surface area contributed by atoms with Gasteiger partial charge in [-0.3, -0.25) is 13.9 Å². The maximum absolute atomic E-state index is 13.4. The molecule has 1 N–H and O–H groups in total. The molecule has 0 radical (unpaired) electrons. The lowest BCUT2D eigenvalue weighted by Gasteiger charge is -2.32. The summed E-state index contributed by atoms with van der Waals surface area (Å²) in [7, 11) is -2.30. The van der Waals surface area contributed by atoms with Gasteiger partial charge < -0.3 is 10.2 Å². The van der Waals surface area contributed by atoms with Crippen LogP contribution in [0.4, 0.5) is 5.69 Å². The molecular weight excluding hydrogens is 541 g/mol. The Morgan fingerprint density at radius 1 is 1.12 bits per heavy atom. The van der Waals surface area contributed by atoms with Gasteiger partial charge in [0, 0.05) is 18.1 Å². The van der Waals surface area contributed by atoms with Crippen LogP contribution in [0.15, 0.2) is 46.9 Å². The first kappa shape index (κ1) is 26.4. The molecule has 0 saturated heterocycles. The lowest BCUT2D eigenvalue weighted by Crippen LogP contribution is -2.51. The second-order valence-electron chi connectivity index (χ2n) is 7.06. The van der Waals surface area contributed by atoms with E-state index >= 15 is 0 Å². The first-order chi connectivity index (χ1) is 15.0. The summed E-state index contributed by atoms with van der Waals surface area (Å²) in [6, 6.07) is 10.7. The van der Waals surface area contributed by atoms with Crippen LogP contribution in [-0.2, 0) is 26.2 Å². The van der Waals surface area contributed by atoms with E-state index in [4.69, 9.17) is 23.2 Å². The van der Waals surface area contributed by atoms with E-state index in [1.807, 2.05) is 0 Å².